The van der Waals surface area contributed by atoms with Crippen molar-refractivity contribution < 1.29 is 9.90 Å². The van der Waals surface area contributed by atoms with Gasteiger partial charge in [-0.1, -0.05) is 18.2 Å². The predicted molar refractivity (Wildman–Crippen MR) is 61.8 cm³/mol. The second kappa shape index (κ2) is 3.66. The highest BCUT2D eigenvalue weighted by molar-refractivity contribution is 6.06. The normalized spacial score (nSPS) is 23.1. The molecule has 0 radical (unpaired) electrons. The smallest absolute Gasteiger partial charge is 0.264 e. The first-order valence-corrected chi connectivity index (χ1v) is 5.22. The van der Waals surface area contributed by atoms with E-state index in [1.807, 2.05) is 19.1 Å². The number of terminal acetylenes is 1. The first kappa shape index (κ1) is 10.7. The van der Waals surface area contributed by atoms with Crippen molar-refractivity contribution in [2.75, 3.05) is 11.4 Å². The Morgan fingerprint density at radius 3 is 2.81 bits per heavy atom. The van der Waals surface area contributed by atoms with Gasteiger partial charge in [0.15, 0.2) is 5.60 Å². The average molecular weight is 215 g/mol. The quantitative estimate of drug-likeness (QED) is 0.755. The molecule has 0 bridgehead atoms. The number of hydrogen-bond acceptors (Lipinski definition) is 2. The van der Waals surface area contributed by atoms with Crippen LogP contribution in [0.4, 0.5) is 5.69 Å². The molecule has 0 spiro atoms. The molecule has 0 saturated heterocycles. The first-order valence-electron chi connectivity index (χ1n) is 5.22. The lowest BCUT2D eigenvalue weighted by Crippen LogP contribution is -2.39. The Labute approximate surface area is 94.7 Å². The van der Waals surface area contributed by atoms with Crippen LogP contribution < -0.4 is 4.90 Å². The van der Waals surface area contributed by atoms with Gasteiger partial charge in [0.1, 0.15) is 0 Å². The van der Waals surface area contributed by atoms with Gasteiger partial charge in [0, 0.05) is 12.1 Å². The van der Waals surface area contributed by atoms with Crippen LogP contribution in [0.1, 0.15) is 18.9 Å². The van der Waals surface area contributed by atoms with Crippen molar-refractivity contribution in [3.8, 4) is 12.3 Å². The van der Waals surface area contributed by atoms with Gasteiger partial charge in [0.2, 0.25) is 0 Å². The summed E-state index contributed by atoms with van der Waals surface area (Å²) >= 11 is 0. The minimum absolute atomic E-state index is 0.0132. The van der Waals surface area contributed by atoms with Gasteiger partial charge < -0.3 is 10.0 Å². The molecule has 3 heteroatoms. The highest BCUT2D eigenvalue weighted by Crippen LogP contribution is 2.41. The second-order valence-corrected chi connectivity index (χ2v) is 3.81. The summed E-state index contributed by atoms with van der Waals surface area (Å²) < 4.78 is 0. The molecule has 1 heterocycles. The molecule has 0 aromatic heterocycles. The van der Waals surface area contributed by atoms with Crippen molar-refractivity contribution in [3.05, 3.63) is 29.8 Å². The van der Waals surface area contributed by atoms with E-state index in [-0.39, 0.29) is 12.3 Å². The van der Waals surface area contributed by atoms with E-state index >= 15 is 0 Å². The maximum atomic E-state index is 12.1. The topological polar surface area (TPSA) is 40.5 Å². The summed E-state index contributed by atoms with van der Waals surface area (Å²) in [4.78, 5) is 13.6. The number of benzene rings is 1. The zero-order chi connectivity index (χ0) is 11.8. The fourth-order valence-electron chi connectivity index (χ4n) is 2.14. The molecule has 1 aliphatic rings. The number of carbonyl (C=O) groups excluding carboxylic acids is 1. The molecule has 1 amide bonds. The Balaban J connectivity index is 2.60. The fraction of sp³-hybridized carbons (Fsp3) is 0.308. The van der Waals surface area contributed by atoms with Crippen molar-refractivity contribution in [2.45, 2.75) is 18.9 Å². The predicted octanol–water partition coefficient (Wildman–Crippen LogP) is 1.26. The van der Waals surface area contributed by atoms with Crippen molar-refractivity contribution in [1.29, 1.82) is 0 Å². The molecule has 2 rings (SSSR count). The van der Waals surface area contributed by atoms with Crippen molar-refractivity contribution in [2.24, 2.45) is 0 Å². The molecular formula is C13H13NO2. The van der Waals surface area contributed by atoms with Gasteiger partial charge in [0.25, 0.3) is 5.91 Å². The number of likely N-dealkylation sites (N-methyl/N-ethyl adjacent to an activating group) is 1. The van der Waals surface area contributed by atoms with Crippen LogP contribution in [0.3, 0.4) is 0 Å². The van der Waals surface area contributed by atoms with E-state index in [2.05, 4.69) is 5.92 Å². The number of para-hydroxylation sites is 1. The third-order valence-electron chi connectivity index (χ3n) is 2.91. The van der Waals surface area contributed by atoms with Gasteiger partial charge in [0.05, 0.1) is 12.1 Å². The first-order chi connectivity index (χ1) is 7.65. The summed E-state index contributed by atoms with van der Waals surface area (Å²) in [7, 11) is 0. The van der Waals surface area contributed by atoms with Gasteiger partial charge in [-0.05, 0) is 13.0 Å². The summed E-state index contributed by atoms with van der Waals surface area (Å²) in [6.45, 7) is 2.40. The van der Waals surface area contributed by atoms with E-state index in [4.69, 9.17) is 6.42 Å². The Morgan fingerprint density at radius 2 is 2.19 bits per heavy atom. The molecule has 0 saturated carbocycles. The number of hydrogen-bond donors (Lipinski definition) is 1. The number of rotatable bonds is 2. The van der Waals surface area contributed by atoms with Crippen LogP contribution in [0.25, 0.3) is 0 Å². The molecular weight excluding hydrogens is 202 g/mol. The third kappa shape index (κ3) is 1.24. The summed E-state index contributed by atoms with van der Waals surface area (Å²) in [5.74, 6) is 2.04. The second-order valence-electron chi connectivity index (χ2n) is 3.81. The van der Waals surface area contributed by atoms with Gasteiger partial charge in [-0.2, -0.15) is 0 Å². The fourth-order valence-corrected chi connectivity index (χ4v) is 2.14. The van der Waals surface area contributed by atoms with Gasteiger partial charge in [-0.25, -0.2) is 0 Å². The van der Waals surface area contributed by atoms with E-state index in [1.165, 1.54) is 0 Å². The van der Waals surface area contributed by atoms with Crippen LogP contribution in [0.2, 0.25) is 0 Å². The van der Waals surface area contributed by atoms with Crippen LogP contribution in [0, 0.1) is 12.3 Å². The van der Waals surface area contributed by atoms with Crippen LogP contribution in [0.5, 0.6) is 0 Å². The summed E-state index contributed by atoms with van der Waals surface area (Å²) in [6.07, 6.45) is 5.23. The number of fused-ring (bicyclic) bond motifs is 1. The molecule has 0 aliphatic carbocycles. The molecule has 1 aliphatic heterocycles. The standard InChI is InChI=1S/C13H13NO2/c1-3-9-13(16)10-7-5-6-8-11(10)14(4-2)12(13)15/h1,5-8,16H,4,9H2,2H3. The third-order valence-corrected chi connectivity index (χ3v) is 2.91. The molecule has 1 atom stereocenters. The van der Waals surface area contributed by atoms with Gasteiger partial charge in [-0.15, -0.1) is 12.3 Å². The Morgan fingerprint density at radius 1 is 1.50 bits per heavy atom. The lowest BCUT2D eigenvalue weighted by molar-refractivity contribution is -0.135. The van der Waals surface area contributed by atoms with Gasteiger partial charge in [-0.3, -0.25) is 4.79 Å². The maximum Gasteiger partial charge on any atom is 0.264 e. The van der Waals surface area contributed by atoms with Crippen LogP contribution in [-0.2, 0) is 10.4 Å². The lowest BCUT2D eigenvalue weighted by atomic mass is 9.92. The van der Waals surface area contributed by atoms with Crippen LogP contribution in [-0.4, -0.2) is 17.6 Å². The average Bonchev–Trinajstić information content (AvgIpc) is 2.50. The Kier molecular flexibility index (Phi) is 2.45. The summed E-state index contributed by atoms with van der Waals surface area (Å²) in [5, 5.41) is 10.4. The summed E-state index contributed by atoms with van der Waals surface area (Å²) in [5.41, 5.74) is -0.172. The SMILES string of the molecule is C#CCC1(O)C(=O)N(CC)c2ccccc21. The number of nitrogens with zero attached hydrogens (tertiary/aromatic N) is 1. The molecule has 16 heavy (non-hydrogen) atoms. The monoisotopic (exact) mass is 215 g/mol. The molecule has 3 nitrogen and oxygen atoms in total. The Hall–Kier alpha value is -1.79. The molecule has 1 aromatic carbocycles. The van der Waals surface area contributed by atoms with Crippen molar-refractivity contribution >= 4 is 11.6 Å². The highest BCUT2D eigenvalue weighted by Gasteiger charge is 2.48. The van der Waals surface area contributed by atoms with E-state index in [0.717, 1.165) is 5.69 Å². The van der Waals surface area contributed by atoms with Gasteiger partial charge >= 0.3 is 0 Å². The van der Waals surface area contributed by atoms with Crippen LogP contribution >= 0.6 is 0 Å². The number of aliphatic hydroxyl groups is 1. The molecule has 1 aromatic rings. The minimum atomic E-state index is -1.54. The van der Waals surface area contributed by atoms with Crippen LogP contribution in [0.15, 0.2) is 24.3 Å². The minimum Gasteiger partial charge on any atom is -0.374 e. The largest absolute Gasteiger partial charge is 0.374 e. The zero-order valence-electron chi connectivity index (χ0n) is 9.10. The molecule has 1 unspecified atom stereocenters. The lowest BCUT2D eigenvalue weighted by Gasteiger charge is -2.20. The molecule has 82 valence electrons. The maximum absolute atomic E-state index is 12.1. The van der Waals surface area contributed by atoms with E-state index in [1.54, 1.807) is 17.0 Å². The number of amides is 1. The van der Waals surface area contributed by atoms with Crippen molar-refractivity contribution in [1.82, 2.24) is 0 Å². The zero-order valence-corrected chi connectivity index (χ0v) is 9.10. The number of carbonyl (C=O) groups is 1. The summed E-state index contributed by atoms with van der Waals surface area (Å²) in [6, 6.07) is 7.22. The highest BCUT2D eigenvalue weighted by atomic mass is 16.3. The van der Waals surface area contributed by atoms with E-state index in [0.29, 0.717) is 12.1 Å². The van der Waals surface area contributed by atoms with E-state index < -0.39 is 5.60 Å². The Bertz CT molecular complexity index is 475. The molecule has 1 N–H and O–H groups in total. The van der Waals surface area contributed by atoms with Crippen molar-refractivity contribution in [3.63, 3.8) is 0 Å². The van der Waals surface area contributed by atoms with E-state index in [9.17, 15) is 9.90 Å². The number of anilines is 1. The molecule has 0 fully saturated rings.